The number of aromatic nitrogens is 2. The van der Waals surface area contributed by atoms with E-state index in [4.69, 9.17) is 22.7 Å². The summed E-state index contributed by atoms with van der Waals surface area (Å²) < 4.78 is 5.77. The Morgan fingerprint density at radius 2 is 2.42 bits per heavy atom. The van der Waals surface area contributed by atoms with Crippen molar-refractivity contribution in [3.05, 3.63) is 17.8 Å². The van der Waals surface area contributed by atoms with E-state index in [-0.39, 0.29) is 23.3 Å². The number of aliphatic hydroxyl groups is 1. The Labute approximate surface area is 117 Å². The molecule has 1 unspecified atom stereocenters. The fourth-order valence-electron chi connectivity index (χ4n) is 2.30. The van der Waals surface area contributed by atoms with Crippen molar-refractivity contribution in [3.63, 3.8) is 0 Å². The second-order valence-electron chi connectivity index (χ2n) is 5.20. The SMILES string of the molecule is CC1(C)CN(c2nnccc2C(N)=S)CC(CO)O1. The number of anilines is 1. The molecule has 0 saturated carbocycles. The van der Waals surface area contributed by atoms with Gasteiger partial charge in [-0.15, -0.1) is 5.10 Å². The second kappa shape index (κ2) is 5.36. The maximum atomic E-state index is 9.33. The topological polar surface area (TPSA) is 84.5 Å². The minimum Gasteiger partial charge on any atom is -0.394 e. The molecule has 1 fully saturated rings. The predicted octanol–water partition coefficient (Wildman–Crippen LogP) is 0.0869. The van der Waals surface area contributed by atoms with Crippen LogP contribution in [0.15, 0.2) is 12.3 Å². The molecule has 6 nitrogen and oxygen atoms in total. The van der Waals surface area contributed by atoms with E-state index in [1.807, 2.05) is 18.7 Å². The van der Waals surface area contributed by atoms with Crippen molar-refractivity contribution in [1.29, 1.82) is 0 Å². The van der Waals surface area contributed by atoms with Crippen molar-refractivity contribution < 1.29 is 9.84 Å². The minimum absolute atomic E-state index is 0.0391. The van der Waals surface area contributed by atoms with Crippen LogP contribution in [0, 0.1) is 0 Å². The summed E-state index contributed by atoms with van der Waals surface area (Å²) in [6, 6.07) is 1.75. The number of morpholine rings is 1. The zero-order valence-electron chi connectivity index (χ0n) is 11.0. The summed E-state index contributed by atoms with van der Waals surface area (Å²) in [7, 11) is 0. The maximum Gasteiger partial charge on any atom is 0.161 e. The number of hydrogen-bond donors (Lipinski definition) is 2. The van der Waals surface area contributed by atoms with Crippen LogP contribution in [-0.2, 0) is 4.74 Å². The average molecular weight is 282 g/mol. The normalized spacial score (nSPS) is 22.3. The Balaban J connectivity index is 2.33. The first-order valence-corrected chi connectivity index (χ1v) is 6.49. The molecule has 1 aromatic heterocycles. The number of rotatable bonds is 3. The molecule has 1 atom stereocenters. The number of nitrogens with two attached hydrogens (primary N) is 1. The van der Waals surface area contributed by atoms with Crippen molar-refractivity contribution >= 4 is 23.0 Å². The molecule has 0 bridgehead atoms. The number of ether oxygens (including phenoxy) is 1. The van der Waals surface area contributed by atoms with Crippen LogP contribution in [0.4, 0.5) is 5.82 Å². The van der Waals surface area contributed by atoms with Crippen LogP contribution in [-0.4, -0.2) is 51.7 Å². The highest BCUT2D eigenvalue weighted by molar-refractivity contribution is 7.80. The van der Waals surface area contributed by atoms with Crippen LogP contribution < -0.4 is 10.6 Å². The van der Waals surface area contributed by atoms with Crippen LogP contribution in [0.5, 0.6) is 0 Å². The average Bonchev–Trinajstić information content (AvgIpc) is 2.36. The van der Waals surface area contributed by atoms with Gasteiger partial charge in [0, 0.05) is 13.1 Å². The van der Waals surface area contributed by atoms with Crippen molar-refractivity contribution in [2.45, 2.75) is 25.6 Å². The highest BCUT2D eigenvalue weighted by Crippen LogP contribution is 2.26. The quantitative estimate of drug-likeness (QED) is 0.760. The Hall–Kier alpha value is -1.31. The van der Waals surface area contributed by atoms with Crippen LogP contribution in [0.25, 0.3) is 0 Å². The standard InChI is InChI=1S/C12H18N4O2S/c1-12(2)7-16(5-8(6-17)18-12)11-9(10(13)19)3-4-14-15-11/h3-4,8,17H,5-7H2,1-2H3,(H2,13,19). The molecule has 7 heteroatoms. The molecule has 1 aromatic rings. The number of hydrogen-bond acceptors (Lipinski definition) is 6. The van der Waals surface area contributed by atoms with E-state index >= 15 is 0 Å². The Morgan fingerprint density at radius 3 is 3.05 bits per heavy atom. The minimum atomic E-state index is -0.378. The van der Waals surface area contributed by atoms with Gasteiger partial charge in [0.1, 0.15) is 4.99 Å². The van der Waals surface area contributed by atoms with Gasteiger partial charge in [-0.1, -0.05) is 12.2 Å². The van der Waals surface area contributed by atoms with Gasteiger partial charge in [-0.25, -0.2) is 0 Å². The zero-order chi connectivity index (χ0) is 14.0. The Morgan fingerprint density at radius 1 is 1.68 bits per heavy atom. The van der Waals surface area contributed by atoms with E-state index in [2.05, 4.69) is 10.2 Å². The maximum absolute atomic E-state index is 9.33. The molecular weight excluding hydrogens is 264 g/mol. The van der Waals surface area contributed by atoms with E-state index in [0.717, 1.165) is 0 Å². The third-order valence-corrected chi connectivity index (χ3v) is 3.17. The van der Waals surface area contributed by atoms with E-state index in [1.165, 1.54) is 0 Å². The molecule has 1 aliphatic heterocycles. The van der Waals surface area contributed by atoms with Crippen LogP contribution in [0.1, 0.15) is 19.4 Å². The monoisotopic (exact) mass is 282 g/mol. The molecular formula is C12H18N4O2S. The van der Waals surface area contributed by atoms with Gasteiger partial charge in [-0.2, -0.15) is 5.10 Å². The summed E-state index contributed by atoms with van der Waals surface area (Å²) in [5, 5.41) is 17.3. The first-order valence-electron chi connectivity index (χ1n) is 6.08. The van der Waals surface area contributed by atoms with Crippen molar-refractivity contribution in [3.8, 4) is 0 Å². The Bertz CT molecular complexity index is 481. The van der Waals surface area contributed by atoms with E-state index in [0.29, 0.717) is 24.5 Å². The predicted molar refractivity (Wildman–Crippen MR) is 76.2 cm³/mol. The number of thiocarbonyl (C=S) groups is 1. The molecule has 1 saturated heterocycles. The van der Waals surface area contributed by atoms with Gasteiger partial charge in [0.25, 0.3) is 0 Å². The third-order valence-electron chi connectivity index (χ3n) is 2.95. The molecule has 104 valence electrons. The van der Waals surface area contributed by atoms with Crippen LogP contribution in [0.2, 0.25) is 0 Å². The van der Waals surface area contributed by atoms with Gasteiger partial charge >= 0.3 is 0 Å². The van der Waals surface area contributed by atoms with Crippen molar-refractivity contribution in [2.24, 2.45) is 5.73 Å². The Kier molecular flexibility index (Phi) is 3.98. The third kappa shape index (κ3) is 3.17. The summed E-state index contributed by atoms with van der Waals surface area (Å²) in [6.45, 7) is 5.08. The van der Waals surface area contributed by atoms with Gasteiger partial charge < -0.3 is 20.5 Å². The fraction of sp³-hybridized carbons (Fsp3) is 0.583. The lowest BCUT2D eigenvalue weighted by molar-refractivity contribution is -0.101. The summed E-state index contributed by atoms with van der Waals surface area (Å²) >= 11 is 5.04. The smallest absolute Gasteiger partial charge is 0.161 e. The first kappa shape index (κ1) is 14.1. The summed E-state index contributed by atoms with van der Waals surface area (Å²) in [6.07, 6.45) is 1.30. The highest BCUT2D eigenvalue weighted by Gasteiger charge is 2.34. The largest absolute Gasteiger partial charge is 0.394 e. The lowest BCUT2D eigenvalue weighted by atomic mass is 10.0. The highest BCUT2D eigenvalue weighted by atomic mass is 32.1. The molecule has 0 aliphatic carbocycles. The fourth-order valence-corrected chi connectivity index (χ4v) is 2.46. The van der Waals surface area contributed by atoms with Crippen LogP contribution in [0.3, 0.4) is 0 Å². The van der Waals surface area contributed by atoms with E-state index < -0.39 is 0 Å². The van der Waals surface area contributed by atoms with Gasteiger partial charge in [0.2, 0.25) is 0 Å². The van der Waals surface area contributed by atoms with Crippen LogP contribution >= 0.6 is 12.2 Å². The molecule has 2 rings (SSSR count). The molecule has 2 heterocycles. The summed E-state index contributed by atoms with van der Waals surface area (Å²) in [5.41, 5.74) is 6.03. The van der Waals surface area contributed by atoms with Crippen molar-refractivity contribution in [1.82, 2.24) is 10.2 Å². The summed E-state index contributed by atoms with van der Waals surface area (Å²) in [4.78, 5) is 2.29. The van der Waals surface area contributed by atoms with Gasteiger partial charge in [0.15, 0.2) is 5.82 Å². The molecule has 3 N–H and O–H groups in total. The number of aliphatic hydroxyl groups excluding tert-OH is 1. The second-order valence-corrected chi connectivity index (χ2v) is 5.64. The zero-order valence-corrected chi connectivity index (χ0v) is 11.9. The summed E-state index contributed by atoms with van der Waals surface area (Å²) in [5.74, 6) is 0.643. The molecule has 0 amide bonds. The van der Waals surface area contributed by atoms with Gasteiger partial charge in [-0.05, 0) is 19.9 Å². The molecule has 1 aliphatic rings. The van der Waals surface area contributed by atoms with Gasteiger partial charge in [-0.3, -0.25) is 0 Å². The molecule has 0 radical (unpaired) electrons. The number of nitrogens with zero attached hydrogens (tertiary/aromatic N) is 3. The first-order chi connectivity index (χ1) is 8.93. The van der Waals surface area contributed by atoms with Crippen molar-refractivity contribution in [2.75, 3.05) is 24.6 Å². The molecule has 0 aromatic carbocycles. The van der Waals surface area contributed by atoms with E-state index in [9.17, 15) is 5.11 Å². The lowest BCUT2D eigenvalue weighted by Crippen LogP contribution is -2.54. The van der Waals surface area contributed by atoms with E-state index in [1.54, 1.807) is 12.3 Å². The van der Waals surface area contributed by atoms with Gasteiger partial charge in [0.05, 0.1) is 30.1 Å². The molecule has 19 heavy (non-hydrogen) atoms. The lowest BCUT2D eigenvalue weighted by Gasteiger charge is -2.43. The molecule has 0 spiro atoms.